The van der Waals surface area contributed by atoms with E-state index >= 15 is 0 Å². The number of hydrogen-bond acceptors (Lipinski definition) is 7. The number of hydrazine groups is 1. The number of aromatic nitrogens is 2. The van der Waals surface area contributed by atoms with Crippen molar-refractivity contribution in [1.82, 2.24) is 15.0 Å². The van der Waals surface area contributed by atoms with E-state index in [9.17, 15) is 31.5 Å². The van der Waals surface area contributed by atoms with Gasteiger partial charge < -0.3 is 5.11 Å². The Morgan fingerprint density at radius 2 is 1.81 bits per heavy atom. The molecule has 0 radical (unpaired) electrons. The Labute approximate surface area is 182 Å². The number of primary sulfonamides is 1. The molecule has 9 nitrogen and oxygen atoms in total. The number of aliphatic hydroxyl groups excluding tert-OH is 1. The average molecular weight is 473 g/mol. The third-order valence-electron chi connectivity index (χ3n) is 5.20. The highest BCUT2D eigenvalue weighted by Gasteiger charge is 2.41. The van der Waals surface area contributed by atoms with Gasteiger partial charge in [0.1, 0.15) is 0 Å². The Morgan fingerprint density at radius 3 is 2.38 bits per heavy atom. The molecule has 1 amide bonds. The molecule has 1 saturated heterocycles. The lowest BCUT2D eigenvalue weighted by molar-refractivity contribution is -0.141. The number of pyridine rings is 2. The zero-order chi connectivity index (χ0) is 23.8. The predicted molar refractivity (Wildman–Crippen MR) is 108 cm³/mol. The van der Waals surface area contributed by atoms with E-state index in [-0.39, 0.29) is 30.6 Å². The van der Waals surface area contributed by atoms with Crippen LogP contribution in [0.4, 0.5) is 18.9 Å². The second kappa shape index (κ2) is 8.73. The van der Waals surface area contributed by atoms with Crippen molar-refractivity contribution >= 4 is 21.6 Å². The molecule has 2 atom stereocenters. The molecule has 0 saturated carbocycles. The number of anilines is 1. The molecule has 2 unspecified atom stereocenters. The van der Waals surface area contributed by atoms with Gasteiger partial charge in [0.05, 0.1) is 17.4 Å². The van der Waals surface area contributed by atoms with Crippen molar-refractivity contribution in [3.05, 3.63) is 47.9 Å². The number of nitrogens with zero attached hydrogens (tertiary/aromatic N) is 4. The molecule has 2 aromatic heterocycles. The van der Waals surface area contributed by atoms with E-state index < -0.39 is 44.5 Å². The third kappa shape index (κ3) is 4.90. The van der Waals surface area contributed by atoms with Crippen LogP contribution in [-0.2, 0) is 16.2 Å². The Morgan fingerprint density at radius 1 is 1.19 bits per heavy atom. The van der Waals surface area contributed by atoms with Crippen LogP contribution >= 0.6 is 0 Å². The number of piperidine rings is 1. The normalized spacial score (nSPS) is 22.5. The van der Waals surface area contributed by atoms with E-state index in [1.165, 1.54) is 17.1 Å². The van der Waals surface area contributed by atoms with Crippen molar-refractivity contribution in [2.24, 2.45) is 17.0 Å². The molecule has 0 aromatic carbocycles. The fourth-order valence-electron chi connectivity index (χ4n) is 3.69. The summed E-state index contributed by atoms with van der Waals surface area (Å²) in [5, 5.41) is 17.3. The zero-order valence-corrected chi connectivity index (χ0v) is 18.0. The largest absolute Gasteiger partial charge is 0.434 e. The van der Waals surface area contributed by atoms with Gasteiger partial charge in [0.2, 0.25) is 0 Å². The first-order valence-corrected chi connectivity index (χ1v) is 11.1. The minimum atomic E-state index is -4.89. The van der Waals surface area contributed by atoms with Gasteiger partial charge in [-0.25, -0.2) is 28.6 Å². The molecule has 174 valence electrons. The fourth-order valence-corrected chi connectivity index (χ4v) is 4.19. The maximum atomic E-state index is 13.5. The summed E-state index contributed by atoms with van der Waals surface area (Å²) in [5.74, 6) is -1.69. The van der Waals surface area contributed by atoms with Crippen molar-refractivity contribution in [2.75, 3.05) is 18.1 Å². The molecule has 3 rings (SSSR count). The number of hydrogen-bond donors (Lipinski definition) is 2. The van der Waals surface area contributed by atoms with Crippen molar-refractivity contribution < 1.29 is 31.5 Å². The second-order valence-electron chi connectivity index (χ2n) is 7.73. The van der Waals surface area contributed by atoms with E-state index in [0.29, 0.717) is 0 Å². The average Bonchev–Trinajstić information content (AvgIpc) is 2.71. The van der Waals surface area contributed by atoms with Crippen LogP contribution in [0.15, 0.2) is 41.7 Å². The first kappa shape index (κ1) is 24.0. The number of amides is 1. The first-order valence-electron chi connectivity index (χ1n) is 9.59. The van der Waals surface area contributed by atoms with Gasteiger partial charge in [0, 0.05) is 31.5 Å². The van der Waals surface area contributed by atoms with E-state index in [2.05, 4.69) is 9.97 Å². The van der Waals surface area contributed by atoms with Crippen molar-refractivity contribution in [3.8, 4) is 0 Å². The van der Waals surface area contributed by atoms with Crippen molar-refractivity contribution in [2.45, 2.75) is 31.2 Å². The molecule has 3 N–H and O–H groups in total. The SMILES string of the molecule is CC1CN(N(C(=O)c2cccnc2C(F)(F)F)c2ccnc(S(N)(=O)=O)c2)CC(C)C1O. The molecular weight excluding hydrogens is 451 g/mol. The highest BCUT2D eigenvalue weighted by Crippen LogP contribution is 2.33. The Kier molecular flexibility index (Phi) is 6.56. The van der Waals surface area contributed by atoms with E-state index in [1.807, 2.05) is 0 Å². The summed E-state index contributed by atoms with van der Waals surface area (Å²) in [6.45, 7) is 3.74. The molecule has 1 fully saturated rings. The third-order valence-corrected chi connectivity index (χ3v) is 6.01. The number of carbonyl (C=O) groups excluding carboxylic acids is 1. The molecular formula is C19H22F3N5O4S. The standard InChI is InChI=1S/C19H22F3N5O4S/c1-11-9-26(10-12(2)16(11)28)27(13-5-7-24-15(8-13)32(23,30)31)18(29)14-4-3-6-25-17(14)19(20,21)22/h3-8,11-12,16,28H,9-10H2,1-2H3,(H2,23,30,31). The number of carbonyl (C=O) groups is 1. The lowest BCUT2D eigenvalue weighted by atomic mass is 9.89. The van der Waals surface area contributed by atoms with Gasteiger partial charge in [0.25, 0.3) is 15.9 Å². The van der Waals surface area contributed by atoms with Crippen LogP contribution < -0.4 is 10.1 Å². The van der Waals surface area contributed by atoms with Crippen LogP contribution in [-0.4, -0.2) is 53.6 Å². The number of aliphatic hydroxyl groups is 1. The highest BCUT2D eigenvalue weighted by atomic mass is 32.2. The van der Waals surface area contributed by atoms with Gasteiger partial charge in [-0.2, -0.15) is 13.2 Å². The van der Waals surface area contributed by atoms with Gasteiger partial charge >= 0.3 is 6.18 Å². The van der Waals surface area contributed by atoms with Gasteiger partial charge in [-0.05, 0) is 30.0 Å². The summed E-state index contributed by atoms with van der Waals surface area (Å²) >= 11 is 0. The van der Waals surface area contributed by atoms with Gasteiger partial charge in [-0.3, -0.25) is 9.78 Å². The summed E-state index contributed by atoms with van der Waals surface area (Å²) in [6.07, 6.45) is -3.54. The highest BCUT2D eigenvalue weighted by molar-refractivity contribution is 7.89. The van der Waals surface area contributed by atoms with Crippen LogP contribution in [0.25, 0.3) is 0 Å². The Hall–Kier alpha value is -2.61. The number of sulfonamides is 1. The Bertz CT molecular complexity index is 1100. The quantitative estimate of drug-likeness (QED) is 0.691. The predicted octanol–water partition coefficient (Wildman–Crippen LogP) is 1.65. The van der Waals surface area contributed by atoms with Crippen LogP contribution in [0.1, 0.15) is 29.9 Å². The smallest absolute Gasteiger partial charge is 0.392 e. The zero-order valence-electron chi connectivity index (χ0n) is 17.2. The number of alkyl halides is 3. The van der Waals surface area contributed by atoms with E-state index in [4.69, 9.17) is 5.14 Å². The summed E-state index contributed by atoms with van der Waals surface area (Å²) in [7, 11) is -4.24. The Balaban J connectivity index is 2.16. The maximum absolute atomic E-state index is 13.5. The van der Waals surface area contributed by atoms with Gasteiger partial charge in [0.15, 0.2) is 10.7 Å². The van der Waals surface area contributed by atoms with Crippen molar-refractivity contribution in [1.29, 1.82) is 0 Å². The molecule has 13 heteroatoms. The second-order valence-corrected chi connectivity index (χ2v) is 9.24. The van der Waals surface area contributed by atoms with E-state index in [0.717, 1.165) is 29.5 Å². The fraction of sp³-hybridized carbons (Fsp3) is 0.421. The number of nitrogens with two attached hydrogens (primary N) is 1. The van der Waals surface area contributed by atoms with E-state index in [1.54, 1.807) is 13.8 Å². The molecule has 1 aliphatic rings. The van der Waals surface area contributed by atoms with Crippen LogP contribution in [0.3, 0.4) is 0 Å². The van der Waals surface area contributed by atoms with Gasteiger partial charge in [-0.1, -0.05) is 13.8 Å². The molecule has 0 bridgehead atoms. The molecule has 0 spiro atoms. The molecule has 32 heavy (non-hydrogen) atoms. The summed E-state index contributed by atoms with van der Waals surface area (Å²) in [4.78, 5) is 20.4. The van der Waals surface area contributed by atoms with Crippen LogP contribution in [0.5, 0.6) is 0 Å². The van der Waals surface area contributed by atoms with Gasteiger partial charge in [-0.15, -0.1) is 0 Å². The molecule has 0 aliphatic carbocycles. The first-order chi connectivity index (χ1) is 14.8. The van der Waals surface area contributed by atoms with Crippen molar-refractivity contribution in [3.63, 3.8) is 0 Å². The van der Waals surface area contributed by atoms with Crippen LogP contribution in [0.2, 0.25) is 0 Å². The lowest BCUT2D eigenvalue weighted by Gasteiger charge is -2.44. The van der Waals surface area contributed by atoms with Crippen LogP contribution in [0, 0.1) is 11.8 Å². The minimum absolute atomic E-state index is 0.0400. The molecule has 1 aliphatic heterocycles. The minimum Gasteiger partial charge on any atom is -0.392 e. The monoisotopic (exact) mass is 473 g/mol. The molecule has 3 heterocycles. The molecule has 2 aromatic rings. The summed E-state index contributed by atoms with van der Waals surface area (Å²) in [6, 6.07) is 4.50. The summed E-state index contributed by atoms with van der Waals surface area (Å²) < 4.78 is 64.1. The maximum Gasteiger partial charge on any atom is 0.434 e. The summed E-state index contributed by atoms with van der Waals surface area (Å²) in [5.41, 5.74) is -2.11. The topological polar surface area (TPSA) is 130 Å². The lowest BCUT2D eigenvalue weighted by Crippen LogP contribution is -2.57. The number of rotatable bonds is 4. The number of halogens is 3.